The van der Waals surface area contributed by atoms with Crippen LogP contribution in [0.25, 0.3) is 0 Å². The zero-order valence-corrected chi connectivity index (χ0v) is 37.7. The minimum absolute atomic E-state index is 0.249. The van der Waals surface area contributed by atoms with Crippen molar-refractivity contribution in [2.75, 3.05) is 13.7 Å². The molecular weight excluding hydrogens is 743 g/mol. The molecule has 6 N–H and O–H groups in total. The third-order valence-electron chi connectivity index (χ3n) is 10.9. The van der Waals surface area contributed by atoms with Gasteiger partial charge in [-0.15, -0.1) is 0 Å². The summed E-state index contributed by atoms with van der Waals surface area (Å²) in [6, 6.07) is 0. The van der Waals surface area contributed by atoms with Crippen LogP contribution in [0.2, 0.25) is 0 Å². The van der Waals surface area contributed by atoms with Gasteiger partial charge in [0.15, 0.2) is 0 Å². The van der Waals surface area contributed by atoms with Gasteiger partial charge >= 0.3 is 11.9 Å². The molecule has 0 bridgehead atoms. The topological polar surface area (TPSA) is 189 Å². The van der Waals surface area contributed by atoms with Gasteiger partial charge in [0.2, 0.25) is 10.4 Å². The molecule has 10 nitrogen and oxygen atoms in total. The van der Waals surface area contributed by atoms with Gasteiger partial charge < -0.3 is 25.6 Å². The van der Waals surface area contributed by atoms with Crippen molar-refractivity contribution in [2.45, 2.75) is 231 Å². The Hall–Kier alpha value is -1.79. The van der Waals surface area contributed by atoms with Gasteiger partial charge in [-0.2, -0.15) is 0 Å². The smallest absolute Gasteiger partial charge is 0.306 e. The first-order valence-electron chi connectivity index (χ1n) is 23.2. The fourth-order valence-electron chi connectivity index (χ4n) is 7.62. The van der Waals surface area contributed by atoms with Crippen LogP contribution in [-0.4, -0.2) is 59.5 Å². The Morgan fingerprint density at radius 3 is 1.11 bits per heavy atom. The summed E-state index contributed by atoms with van der Waals surface area (Å²) >= 11 is 0. The lowest BCUT2D eigenvalue weighted by Crippen LogP contribution is -2.42. The van der Waals surface area contributed by atoms with Crippen molar-refractivity contribution in [2.24, 2.45) is 11.8 Å². The Bertz CT molecular complexity index is 1020. The van der Waals surface area contributed by atoms with E-state index in [2.05, 4.69) is 43.9 Å². The minimum Gasteiger partial charge on any atom is -0.726 e. The molecule has 0 aliphatic heterocycles. The summed E-state index contributed by atoms with van der Waals surface area (Å²) < 4.78 is 40.7. The van der Waals surface area contributed by atoms with Crippen molar-refractivity contribution in [3.63, 3.8) is 0 Å². The third-order valence-corrected chi connectivity index (χ3v) is 11.5. The molecule has 0 fully saturated rings. The molecular formula is C46H89NO9S. The van der Waals surface area contributed by atoms with E-state index >= 15 is 0 Å². The van der Waals surface area contributed by atoms with Gasteiger partial charge in [0, 0.05) is 13.0 Å². The number of aliphatic carboxylic acids is 2. The fourth-order valence-corrected chi connectivity index (χ4v) is 8.27. The summed E-state index contributed by atoms with van der Waals surface area (Å²) in [5.41, 5.74) is 1.34. The number of carboxylic acid groups (broad SMARTS) is 2. The maximum Gasteiger partial charge on any atom is 0.306 e. The lowest BCUT2D eigenvalue weighted by atomic mass is 9.78. The molecule has 0 saturated heterocycles. The second-order valence-corrected chi connectivity index (χ2v) is 17.1. The summed E-state index contributed by atoms with van der Waals surface area (Å²) in [5.74, 6) is -4.38. The Labute approximate surface area is 350 Å². The van der Waals surface area contributed by atoms with Crippen LogP contribution >= 0.6 is 0 Å². The fraction of sp³-hybridized carbons (Fsp3) is 0.870. The van der Waals surface area contributed by atoms with Crippen LogP contribution < -0.4 is 5.73 Å². The van der Waals surface area contributed by atoms with Gasteiger partial charge in [0.25, 0.3) is 0 Å². The molecule has 0 rings (SSSR count). The van der Waals surface area contributed by atoms with Crippen LogP contribution in [0.4, 0.5) is 0 Å². The largest absolute Gasteiger partial charge is 0.726 e. The summed E-state index contributed by atoms with van der Waals surface area (Å²) in [6.45, 7) is 3.90. The number of carboxylic acids is 2. The molecule has 0 aromatic rings. The maximum atomic E-state index is 12.3. The predicted molar refractivity (Wildman–Crippen MR) is 234 cm³/mol. The zero-order valence-electron chi connectivity index (χ0n) is 36.9. The van der Waals surface area contributed by atoms with E-state index in [1.165, 1.54) is 77.0 Å². The summed E-state index contributed by atoms with van der Waals surface area (Å²) in [6.07, 6.45) is 40.0. The minimum atomic E-state index is -5.31. The second-order valence-electron chi connectivity index (χ2n) is 16.1. The Morgan fingerprint density at radius 1 is 0.561 bits per heavy atom. The molecule has 0 saturated carbocycles. The quantitative estimate of drug-likeness (QED) is 0.0201. The summed E-state index contributed by atoms with van der Waals surface area (Å²) in [5, 5.41) is 30.0. The Kier molecular flexibility index (Phi) is 41.2. The van der Waals surface area contributed by atoms with Gasteiger partial charge in [0.05, 0.1) is 24.5 Å². The molecule has 0 aliphatic carbocycles. The number of allylic oxidation sites excluding steroid dienone is 4. The van der Waals surface area contributed by atoms with Gasteiger partial charge in [-0.1, -0.05) is 167 Å². The molecule has 0 amide bonds. The van der Waals surface area contributed by atoms with E-state index < -0.39 is 46.4 Å². The number of aliphatic hydroxyl groups is 1. The normalized spacial score (nSPS) is 14.1. The number of aliphatic hydroxyl groups excluding tert-OH is 1. The highest BCUT2D eigenvalue weighted by Crippen LogP contribution is 2.37. The highest BCUT2D eigenvalue weighted by molar-refractivity contribution is 7.80. The van der Waals surface area contributed by atoms with E-state index in [0.29, 0.717) is 12.8 Å². The number of carbonyl (C=O) groups is 2. The number of rotatable bonds is 42. The van der Waals surface area contributed by atoms with Gasteiger partial charge in [0.1, 0.15) is 0 Å². The molecule has 0 aromatic heterocycles. The zero-order chi connectivity index (χ0) is 42.9. The van der Waals surface area contributed by atoms with E-state index in [9.17, 15) is 37.9 Å². The molecule has 0 aromatic carbocycles. The van der Waals surface area contributed by atoms with Crippen molar-refractivity contribution in [3.8, 4) is 0 Å². The van der Waals surface area contributed by atoms with Gasteiger partial charge in [-0.3, -0.25) is 13.8 Å². The summed E-state index contributed by atoms with van der Waals surface area (Å²) in [7, 11) is -3.56. The first-order valence-corrected chi connectivity index (χ1v) is 24.6. The van der Waals surface area contributed by atoms with E-state index in [-0.39, 0.29) is 32.1 Å². The molecule has 11 heteroatoms. The Balaban J connectivity index is 0. The van der Waals surface area contributed by atoms with Crippen LogP contribution in [0.15, 0.2) is 24.3 Å². The Morgan fingerprint density at radius 2 is 0.842 bits per heavy atom. The molecule has 2 unspecified atom stereocenters. The van der Waals surface area contributed by atoms with Crippen LogP contribution in [0.5, 0.6) is 0 Å². The summed E-state index contributed by atoms with van der Waals surface area (Å²) in [4.78, 5) is 24.6. The lowest BCUT2D eigenvalue weighted by Gasteiger charge is -2.37. The van der Waals surface area contributed by atoms with Gasteiger partial charge in [-0.25, -0.2) is 8.42 Å². The maximum absolute atomic E-state index is 12.3. The lowest BCUT2D eigenvalue weighted by molar-refractivity contribution is -0.325. The first kappa shape index (κ1) is 57.3. The number of hydrogen-bond acceptors (Lipinski definition) is 7. The number of unbranched alkanes of at least 4 members (excludes halogenated alkanes) is 24. The van der Waals surface area contributed by atoms with Crippen molar-refractivity contribution in [1.29, 1.82) is 0 Å². The van der Waals surface area contributed by atoms with Crippen molar-refractivity contribution >= 4 is 22.3 Å². The third kappa shape index (κ3) is 38.2. The number of hydrogen-bond donors (Lipinski definition) is 4. The number of quaternary nitrogens is 1. The van der Waals surface area contributed by atoms with Crippen LogP contribution in [0.3, 0.4) is 0 Å². The average Bonchev–Trinajstić information content (AvgIpc) is 3.16. The van der Waals surface area contributed by atoms with Crippen molar-refractivity contribution in [1.82, 2.24) is 0 Å². The van der Waals surface area contributed by atoms with Crippen LogP contribution in [-0.2, 0) is 24.2 Å². The highest BCUT2D eigenvalue weighted by atomic mass is 32.3. The van der Waals surface area contributed by atoms with Crippen LogP contribution in [0.1, 0.15) is 226 Å². The molecule has 0 spiro atoms. The average molecular weight is 832 g/mol. The van der Waals surface area contributed by atoms with Crippen molar-refractivity contribution < 1.29 is 47.8 Å². The SMILES string of the molecule is CCCCCCCC/C=C\CCCCCCCCC(CC(CCO)(CC(CCCCCCCC/C=C\CCCCCCCC)C(=O)O)OS(=O)(=O)[O-])C(=O)O.C[NH3+]. The highest BCUT2D eigenvalue weighted by Gasteiger charge is 2.41. The molecule has 0 radical (unpaired) electrons. The monoisotopic (exact) mass is 832 g/mol. The molecule has 2 atom stereocenters. The second kappa shape index (κ2) is 41.0. The molecule has 338 valence electrons. The van der Waals surface area contributed by atoms with E-state index in [4.69, 9.17) is 4.18 Å². The molecule has 57 heavy (non-hydrogen) atoms. The molecule has 0 aliphatic rings. The standard InChI is InChI=1S/C45H84O9S.CH5N/c1-3-5-7-9-11-13-15-17-19-21-23-25-27-29-31-33-35-41(43(47)48)39-45(37-38-46,54-55(51,52)53)40-42(44(49)50)36-34-32-30-28-26-24-22-20-18-16-14-12-10-8-6-4-2;1-2/h17-20,41-42,46H,3-16,21-40H2,1-2H3,(H,47,48)(H,49,50)(H,51,52,53);2H2,1H3/b19-17-,20-18-;. The van der Waals surface area contributed by atoms with E-state index in [0.717, 1.165) is 89.9 Å². The van der Waals surface area contributed by atoms with E-state index in [1.54, 1.807) is 7.05 Å². The predicted octanol–water partition coefficient (Wildman–Crippen LogP) is 11.5. The van der Waals surface area contributed by atoms with Crippen LogP contribution in [0, 0.1) is 11.8 Å². The van der Waals surface area contributed by atoms with E-state index in [1.807, 2.05) is 0 Å². The first-order chi connectivity index (χ1) is 27.5. The van der Waals surface area contributed by atoms with Gasteiger partial charge in [-0.05, 0) is 77.0 Å². The van der Waals surface area contributed by atoms with Crippen molar-refractivity contribution in [3.05, 3.63) is 24.3 Å². The molecule has 0 heterocycles.